The van der Waals surface area contributed by atoms with Crippen LogP contribution in [-0.2, 0) is 16.6 Å². The van der Waals surface area contributed by atoms with Crippen LogP contribution in [0.15, 0.2) is 46.0 Å². The number of hydrogen-bond acceptors (Lipinski definition) is 4. The summed E-state index contributed by atoms with van der Waals surface area (Å²) in [6.07, 6.45) is 2.37. The zero-order chi connectivity index (χ0) is 14.0. The molecular formula is C14H16N2O2S2. The van der Waals surface area contributed by atoms with Crippen molar-refractivity contribution in [2.75, 3.05) is 4.72 Å². The number of anilines is 1. The van der Waals surface area contributed by atoms with Crippen LogP contribution in [-0.4, -0.2) is 14.5 Å². The van der Waals surface area contributed by atoms with E-state index in [1.54, 1.807) is 23.6 Å². The maximum absolute atomic E-state index is 12.4. The molecule has 1 aliphatic carbocycles. The predicted molar refractivity (Wildman–Crippen MR) is 81.4 cm³/mol. The third-order valence-electron chi connectivity index (χ3n) is 3.19. The van der Waals surface area contributed by atoms with Gasteiger partial charge in [0.25, 0.3) is 10.0 Å². The SMILES string of the molecule is O=S(=O)(Nc1ccsc1)c1ccccc1CNC1CC1. The Morgan fingerprint density at radius 3 is 2.70 bits per heavy atom. The summed E-state index contributed by atoms with van der Waals surface area (Å²) in [4.78, 5) is 0.347. The van der Waals surface area contributed by atoms with Crippen LogP contribution in [0.5, 0.6) is 0 Å². The van der Waals surface area contributed by atoms with Crippen LogP contribution in [0.3, 0.4) is 0 Å². The molecule has 6 heteroatoms. The summed E-state index contributed by atoms with van der Waals surface area (Å²) in [6.45, 7) is 0.589. The highest BCUT2D eigenvalue weighted by Gasteiger charge is 2.22. The highest BCUT2D eigenvalue weighted by molar-refractivity contribution is 7.92. The van der Waals surface area contributed by atoms with Gasteiger partial charge in [0.15, 0.2) is 0 Å². The molecule has 20 heavy (non-hydrogen) atoms. The van der Waals surface area contributed by atoms with Crippen molar-refractivity contribution in [1.29, 1.82) is 0 Å². The first-order valence-electron chi connectivity index (χ1n) is 6.51. The van der Waals surface area contributed by atoms with Gasteiger partial charge in [-0.1, -0.05) is 18.2 Å². The molecule has 0 unspecified atom stereocenters. The smallest absolute Gasteiger partial charge is 0.262 e. The monoisotopic (exact) mass is 308 g/mol. The Kier molecular flexibility index (Phi) is 3.78. The number of sulfonamides is 1. The van der Waals surface area contributed by atoms with E-state index in [1.165, 1.54) is 24.2 Å². The Morgan fingerprint density at radius 1 is 1.20 bits per heavy atom. The molecule has 2 N–H and O–H groups in total. The molecule has 1 fully saturated rings. The lowest BCUT2D eigenvalue weighted by Gasteiger charge is -2.12. The maximum atomic E-state index is 12.4. The van der Waals surface area contributed by atoms with E-state index in [0.717, 1.165) is 5.56 Å². The fraction of sp³-hybridized carbons (Fsp3) is 0.286. The Balaban J connectivity index is 1.83. The normalized spacial score (nSPS) is 15.2. The Bertz CT molecular complexity index is 677. The summed E-state index contributed by atoms with van der Waals surface area (Å²) in [6, 6.07) is 9.44. The molecule has 0 amide bonds. The van der Waals surface area contributed by atoms with Gasteiger partial charge in [-0.05, 0) is 35.9 Å². The molecule has 0 spiro atoms. The van der Waals surface area contributed by atoms with Gasteiger partial charge in [-0.25, -0.2) is 8.42 Å². The Labute approximate surface area is 122 Å². The van der Waals surface area contributed by atoms with Gasteiger partial charge in [0, 0.05) is 18.0 Å². The van der Waals surface area contributed by atoms with E-state index in [4.69, 9.17) is 0 Å². The second-order valence-electron chi connectivity index (χ2n) is 4.88. The minimum absolute atomic E-state index is 0.347. The topological polar surface area (TPSA) is 58.2 Å². The zero-order valence-electron chi connectivity index (χ0n) is 10.9. The van der Waals surface area contributed by atoms with Crippen molar-refractivity contribution in [2.45, 2.75) is 30.3 Å². The molecule has 0 saturated heterocycles. The second-order valence-corrected chi connectivity index (χ2v) is 7.31. The van der Waals surface area contributed by atoms with Crippen molar-refractivity contribution in [2.24, 2.45) is 0 Å². The molecule has 1 heterocycles. The van der Waals surface area contributed by atoms with Crippen molar-refractivity contribution in [3.8, 4) is 0 Å². The van der Waals surface area contributed by atoms with Crippen LogP contribution in [0.4, 0.5) is 5.69 Å². The summed E-state index contributed by atoms with van der Waals surface area (Å²) in [5.74, 6) is 0. The molecule has 106 valence electrons. The van der Waals surface area contributed by atoms with E-state index < -0.39 is 10.0 Å². The fourth-order valence-electron chi connectivity index (χ4n) is 1.99. The van der Waals surface area contributed by atoms with Gasteiger partial charge in [0.1, 0.15) is 0 Å². The van der Waals surface area contributed by atoms with Gasteiger partial charge in [0.05, 0.1) is 10.6 Å². The second kappa shape index (κ2) is 5.55. The van der Waals surface area contributed by atoms with Gasteiger partial charge in [-0.2, -0.15) is 11.3 Å². The van der Waals surface area contributed by atoms with Gasteiger partial charge in [-0.3, -0.25) is 4.72 Å². The number of thiophene rings is 1. The number of hydrogen-bond donors (Lipinski definition) is 2. The minimum Gasteiger partial charge on any atom is -0.310 e. The number of nitrogens with one attached hydrogen (secondary N) is 2. The average molecular weight is 308 g/mol. The van der Waals surface area contributed by atoms with E-state index in [9.17, 15) is 8.42 Å². The summed E-state index contributed by atoms with van der Waals surface area (Å²) >= 11 is 1.46. The highest BCUT2D eigenvalue weighted by Crippen LogP contribution is 2.23. The maximum Gasteiger partial charge on any atom is 0.262 e. The van der Waals surface area contributed by atoms with Gasteiger partial charge in [0.2, 0.25) is 0 Å². The molecular weight excluding hydrogens is 292 g/mol. The van der Waals surface area contributed by atoms with Crippen molar-refractivity contribution in [3.63, 3.8) is 0 Å². The van der Waals surface area contributed by atoms with E-state index in [2.05, 4.69) is 10.0 Å². The predicted octanol–water partition coefficient (Wildman–Crippen LogP) is 2.80. The van der Waals surface area contributed by atoms with Crippen LogP contribution in [0.2, 0.25) is 0 Å². The van der Waals surface area contributed by atoms with E-state index >= 15 is 0 Å². The van der Waals surface area contributed by atoms with Crippen LogP contribution in [0, 0.1) is 0 Å². The first-order chi connectivity index (χ1) is 9.65. The van der Waals surface area contributed by atoms with Crippen LogP contribution in [0.1, 0.15) is 18.4 Å². The zero-order valence-corrected chi connectivity index (χ0v) is 12.5. The van der Waals surface area contributed by atoms with Gasteiger partial charge < -0.3 is 5.32 Å². The first-order valence-corrected chi connectivity index (χ1v) is 8.94. The van der Waals surface area contributed by atoms with Gasteiger partial charge in [-0.15, -0.1) is 0 Å². The quantitative estimate of drug-likeness (QED) is 0.863. The van der Waals surface area contributed by atoms with Crippen molar-refractivity contribution in [1.82, 2.24) is 5.32 Å². The largest absolute Gasteiger partial charge is 0.310 e. The van der Waals surface area contributed by atoms with Gasteiger partial charge >= 0.3 is 0 Å². The average Bonchev–Trinajstić information content (AvgIpc) is 3.13. The molecule has 0 bridgehead atoms. The Hall–Kier alpha value is -1.37. The summed E-state index contributed by atoms with van der Waals surface area (Å²) in [5.41, 5.74) is 1.42. The molecule has 0 radical (unpaired) electrons. The molecule has 0 atom stereocenters. The fourth-order valence-corrected chi connectivity index (χ4v) is 3.94. The number of benzene rings is 1. The molecule has 3 rings (SSSR count). The van der Waals surface area contributed by atoms with E-state index in [-0.39, 0.29) is 0 Å². The van der Waals surface area contributed by atoms with Crippen molar-refractivity contribution in [3.05, 3.63) is 46.7 Å². The molecule has 4 nitrogen and oxygen atoms in total. The Morgan fingerprint density at radius 2 is 2.00 bits per heavy atom. The lowest BCUT2D eigenvalue weighted by atomic mass is 10.2. The molecule has 1 aromatic carbocycles. The van der Waals surface area contributed by atoms with Crippen molar-refractivity contribution < 1.29 is 8.42 Å². The summed E-state index contributed by atoms with van der Waals surface area (Å²) in [5, 5.41) is 6.98. The van der Waals surface area contributed by atoms with E-state index in [0.29, 0.717) is 23.2 Å². The summed E-state index contributed by atoms with van der Waals surface area (Å²) in [7, 11) is -3.52. The van der Waals surface area contributed by atoms with Crippen molar-refractivity contribution >= 4 is 27.0 Å². The lowest BCUT2D eigenvalue weighted by molar-refractivity contribution is 0.597. The third kappa shape index (κ3) is 3.20. The minimum atomic E-state index is -3.52. The first kappa shape index (κ1) is 13.6. The standard InChI is InChI=1S/C14H16N2O2S2/c17-20(18,16-13-7-8-19-10-13)14-4-2-1-3-11(14)9-15-12-5-6-12/h1-4,7-8,10,12,15-16H,5-6,9H2. The highest BCUT2D eigenvalue weighted by atomic mass is 32.2. The molecule has 2 aromatic rings. The van der Waals surface area contributed by atoms with Crippen LogP contribution < -0.4 is 10.0 Å². The molecule has 1 aromatic heterocycles. The third-order valence-corrected chi connectivity index (χ3v) is 5.36. The molecule has 0 aliphatic heterocycles. The molecule has 1 aliphatic rings. The molecule has 1 saturated carbocycles. The van der Waals surface area contributed by atoms with E-state index in [1.807, 2.05) is 17.5 Å². The van der Waals surface area contributed by atoms with Crippen LogP contribution >= 0.6 is 11.3 Å². The lowest BCUT2D eigenvalue weighted by Crippen LogP contribution is -2.20. The summed E-state index contributed by atoms with van der Waals surface area (Å²) < 4.78 is 27.5. The number of rotatable bonds is 6. The van der Waals surface area contributed by atoms with Crippen LogP contribution in [0.25, 0.3) is 0 Å².